The highest BCUT2D eigenvalue weighted by atomic mass is 16.5. The molecule has 1 heterocycles. The average Bonchev–Trinajstić information content (AvgIpc) is 2.79. The molecule has 0 unspecified atom stereocenters. The zero-order valence-corrected chi connectivity index (χ0v) is 18.2. The lowest BCUT2D eigenvalue weighted by Crippen LogP contribution is -2.09. The fraction of sp³-hybridized carbons (Fsp3) is 0.259. The number of nitrogens with two attached hydrogens (primary N) is 1. The van der Waals surface area contributed by atoms with E-state index in [9.17, 15) is 9.59 Å². The Hall–Kier alpha value is -3.44. The van der Waals surface area contributed by atoms with E-state index in [0.717, 1.165) is 37.8 Å². The molecule has 0 fully saturated rings. The summed E-state index contributed by atoms with van der Waals surface area (Å²) in [6.07, 6.45) is 4.15. The number of rotatable bonds is 9. The summed E-state index contributed by atoms with van der Waals surface area (Å²) in [6, 6.07) is 17.6. The number of ether oxygens (including phenoxy) is 1. The van der Waals surface area contributed by atoms with Crippen molar-refractivity contribution >= 4 is 16.8 Å². The van der Waals surface area contributed by atoms with Gasteiger partial charge in [-0.1, -0.05) is 37.1 Å². The van der Waals surface area contributed by atoms with E-state index in [1.807, 2.05) is 43.3 Å². The number of unbranched alkanes of at least 4 members (excludes halogenated alkanes) is 3. The van der Waals surface area contributed by atoms with Gasteiger partial charge in [0, 0.05) is 34.2 Å². The number of carbonyl (C=O) groups excluding carboxylic acids is 1. The van der Waals surface area contributed by atoms with Crippen molar-refractivity contribution in [1.82, 2.24) is 0 Å². The summed E-state index contributed by atoms with van der Waals surface area (Å²) < 4.78 is 11.9. The number of carbonyl (C=O) groups is 1. The zero-order chi connectivity index (χ0) is 22.5. The van der Waals surface area contributed by atoms with Crippen LogP contribution in [0.1, 0.15) is 47.2 Å². The second-order valence-corrected chi connectivity index (χ2v) is 7.99. The molecule has 0 saturated carbocycles. The fourth-order valence-corrected chi connectivity index (χ4v) is 3.94. The highest BCUT2D eigenvalue weighted by molar-refractivity contribution is 6.20. The summed E-state index contributed by atoms with van der Waals surface area (Å²) in [5, 5.41) is 0.694. The van der Waals surface area contributed by atoms with Gasteiger partial charge >= 0.3 is 0 Å². The highest BCUT2D eigenvalue weighted by Crippen LogP contribution is 2.36. The molecule has 0 radical (unpaired) electrons. The Bertz CT molecular complexity index is 1270. The van der Waals surface area contributed by atoms with Crippen LogP contribution in [0.25, 0.3) is 22.3 Å². The van der Waals surface area contributed by atoms with Crippen LogP contribution < -0.4 is 15.9 Å². The standard InChI is InChI=1S/C27H27NO4/c1-18-8-4-5-9-21(18)27(30)26-22-12-10-19(29)16-24(22)32-25-17-20(11-13-23(25)26)31-15-7-3-2-6-14-28/h4-5,8-13,16-17H,2-3,6-7,14-15,28H2,1H3. The Labute approximate surface area is 187 Å². The van der Waals surface area contributed by atoms with Gasteiger partial charge in [-0.25, -0.2) is 0 Å². The lowest BCUT2D eigenvalue weighted by Gasteiger charge is -2.15. The van der Waals surface area contributed by atoms with Gasteiger partial charge < -0.3 is 14.9 Å². The summed E-state index contributed by atoms with van der Waals surface area (Å²) in [5.41, 5.74) is 8.56. The molecule has 5 nitrogen and oxygen atoms in total. The molecule has 0 bridgehead atoms. The topological polar surface area (TPSA) is 82.5 Å². The van der Waals surface area contributed by atoms with Crippen LogP contribution in [-0.4, -0.2) is 18.9 Å². The van der Waals surface area contributed by atoms with Gasteiger partial charge in [0.05, 0.1) is 6.61 Å². The fourth-order valence-electron chi connectivity index (χ4n) is 3.94. The second kappa shape index (κ2) is 9.79. The quantitative estimate of drug-likeness (QED) is 0.221. The van der Waals surface area contributed by atoms with Crippen molar-refractivity contribution in [1.29, 1.82) is 0 Å². The van der Waals surface area contributed by atoms with Crippen molar-refractivity contribution in [2.24, 2.45) is 5.73 Å². The van der Waals surface area contributed by atoms with Crippen LogP contribution in [0.4, 0.5) is 0 Å². The van der Waals surface area contributed by atoms with Gasteiger partial charge in [0.15, 0.2) is 11.2 Å². The van der Waals surface area contributed by atoms with E-state index in [0.29, 0.717) is 45.8 Å². The van der Waals surface area contributed by atoms with Crippen LogP contribution in [0.5, 0.6) is 5.75 Å². The van der Waals surface area contributed by atoms with Gasteiger partial charge in [-0.3, -0.25) is 9.59 Å². The Balaban J connectivity index is 1.74. The molecule has 2 aromatic carbocycles. The lowest BCUT2D eigenvalue weighted by atomic mass is 9.91. The molecule has 2 aliphatic rings. The molecule has 4 rings (SSSR count). The van der Waals surface area contributed by atoms with Crippen molar-refractivity contribution in [2.75, 3.05) is 13.2 Å². The number of hydrogen-bond acceptors (Lipinski definition) is 5. The van der Waals surface area contributed by atoms with Crippen molar-refractivity contribution in [3.8, 4) is 17.1 Å². The van der Waals surface area contributed by atoms with Crippen LogP contribution in [0.2, 0.25) is 0 Å². The number of ketones is 1. The number of aryl methyl sites for hydroxylation is 1. The molecular formula is C27H27NO4. The molecule has 2 aromatic rings. The maximum Gasteiger partial charge on any atom is 0.194 e. The first kappa shape index (κ1) is 21.8. The van der Waals surface area contributed by atoms with Gasteiger partial charge in [0.2, 0.25) is 0 Å². The van der Waals surface area contributed by atoms with Crippen molar-refractivity contribution in [3.05, 3.63) is 87.6 Å². The molecule has 0 atom stereocenters. The SMILES string of the molecule is Cc1ccccc1C(=O)c1c2ccc(=O)cc-2oc2cc(OCCCCCCN)ccc12. The van der Waals surface area contributed by atoms with Gasteiger partial charge in [0.1, 0.15) is 17.1 Å². The van der Waals surface area contributed by atoms with Gasteiger partial charge in [-0.2, -0.15) is 0 Å². The summed E-state index contributed by atoms with van der Waals surface area (Å²) in [6.45, 7) is 3.24. The average molecular weight is 430 g/mol. The number of hydrogen-bond donors (Lipinski definition) is 1. The maximum absolute atomic E-state index is 13.6. The Morgan fingerprint density at radius 2 is 1.78 bits per heavy atom. The molecule has 2 N–H and O–H groups in total. The molecule has 0 amide bonds. The molecule has 0 saturated heterocycles. The first-order valence-electron chi connectivity index (χ1n) is 11.0. The van der Waals surface area contributed by atoms with Crippen molar-refractivity contribution in [2.45, 2.75) is 32.6 Å². The smallest absolute Gasteiger partial charge is 0.194 e. The predicted molar refractivity (Wildman–Crippen MR) is 127 cm³/mol. The minimum atomic E-state index is -0.167. The molecule has 164 valence electrons. The number of fused-ring (bicyclic) bond motifs is 2. The van der Waals surface area contributed by atoms with Crippen molar-refractivity contribution < 1.29 is 13.9 Å². The van der Waals surface area contributed by atoms with E-state index in [2.05, 4.69) is 0 Å². The summed E-state index contributed by atoms with van der Waals surface area (Å²) in [7, 11) is 0. The first-order chi connectivity index (χ1) is 15.6. The largest absolute Gasteiger partial charge is 0.493 e. The molecular weight excluding hydrogens is 402 g/mol. The maximum atomic E-state index is 13.6. The second-order valence-electron chi connectivity index (χ2n) is 7.99. The van der Waals surface area contributed by atoms with Gasteiger partial charge in [0.25, 0.3) is 0 Å². The van der Waals surface area contributed by atoms with E-state index in [1.54, 1.807) is 12.1 Å². The van der Waals surface area contributed by atoms with Crippen LogP contribution in [0.3, 0.4) is 0 Å². The molecule has 0 spiro atoms. The molecule has 1 aliphatic heterocycles. The summed E-state index contributed by atoms with van der Waals surface area (Å²) in [4.78, 5) is 25.6. The molecule has 0 aromatic heterocycles. The van der Waals surface area contributed by atoms with Crippen LogP contribution in [0, 0.1) is 6.92 Å². The zero-order valence-electron chi connectivity index (χ0n) is 18.2. The Morgan fingerprint density at radius 1 is 0.969 bits per heavy atom. The number of benzene rings is 3. The predicted octanol–water partition coefficient (Wildman–Crippen LogP) is 5.34. The Kier molecular flexibility index (Phi) is 6.66. The first-order valence-corrected chi connectivity index (χ1v) is 11.0. The third-order valence-electron chi connectivity index (χ3n) is 5.65. The minimum absolute atomic E-state index is 0.0962. The monoisotopic (exact) mass is 429 g/mol. The summed E-state index contributed by atoms with van der Waals surface area (Å²) >= 11 is 0. The third kappa shape index (κ3) is 4.58. The van der Waals surface area contributed by atoms with Crippen molar-refractivity contribution in [3.63, 3.8) is 0 Å². The van der Waals surface area contributed by atoms with E-state index < -0.39 is 0 Å². The van der Waals surface area contributed by atoms with E-state index >= 15 is 0 Å². The van der Waals surface area contributed by atoms with Crippen LogP contribution in [-0.2, 0) is 0 Å². The molecule has 1 aliphatic carbocycles. The van der Waals surface area contributed by atoms with Gasteiger partial charge in [-0.15, -0.1) is 0 Å². The minimum Gasteiger partial charge on any atom is -0.493 e. The lowest BCUT2D eigenvalue weighted by molar-refractivity contribution is 0.104. The summed E-state index contributed by atoms with van der Waals surface area (Å²) in [5.74, 6) is 0.967. The third-order valence-corrected chi connectivity index (χ3v) is 5.65. The Morgan fingerprint density at radius 3 is 2.59 bits per heavy atom. The van der Waals surface area contributed by atoms with Gasteiger partial charge in [-0.05, 0) is 56.1 Å². The van der Waals surface area contributed by atoms with Crippen LogP contribution >= 0.6 is 0 Å². The van der Waals surface area contributed by atoms with Crippen LogP contribution in [0.15, 0.2) is 69.9 Å². The molecule has 5 heteroatoms. The highest BCUT2D eigenvalue weighted by Gasteiger charge is 2.23. The molecule has 32 heavy (non-hydrogen) atoms. The van der Waals surface area contributed by atoms with E-state index in [-0.39, 0.29) is 11.2 Å². The normalized spacial score (nSPS) is 11.2. The van der Waals surface area contributed by atoms with E-state index in [1.165, 1.54) is 12.1 Å². The van der Waals surface area contributed by atoms with E-state index in [4.69, 9.17) is 14.9 Å².